The molecule has 6 nitrogen and oxygen atoms in total. The maximum atomic E-state index is 10.5. The average Bonchev–Trinajstić information content (AvgIpc) is 2.92. The van der Waals surface area contributed by atoms with E-state index in [0.29, 0.717) is 28.9 Å². The summed E-state index contributed by atoms with van der Waals surface area (Å²) in [6, 6.07) is 5.72. The van der Waals surface area contributed by atoms with E-state index in [1.54, 1.807) is 12.5 Å². The summed E-state index contributed by atoms with van der Waals surface area (Å²) in [5.74, 6) is 0.249. The molecule has 7 heteroatoms. The maximum absolute atomic E-state index is 10.5. The lowest BCUT2D eigenvalue weighted by atomic mass is 10.2. The van der Waals surface area contributed by atoms with Crippen LogP contribution in [0.5, 0.6) is 11.5 Å². The van der Waals surface area contributed by atoms with Crippen LogP contribution in [0.3, 0.4) is 0 Å². The molecule has 2 aromatic rings. The number of carboxylic acids is 1. The van der Waals surface area contributed by atoms with Gasteiger partial charge in [0, 0.05) is 24.3 Å². The molecule has 124 valence electrons. The van der Waals surface area contributed by atoms with Gasteiger partial charge in [0.25, 0.3) is 0 Å². The summed E-state index contributed by atoms with van der Waals surface area (Å²) in [5, 5.41) is 16.1. The van der Waals surface area contributed by atoms with Crippen molar-refractivity contribution in [1.82, 2.24) is 4.98 Å². The summed E-state index contributed by atoms with van der Waals surface area (Å²) in [7, 11) is 1.60. The highest BCUT2D eigenvalue weighted by atomic mass is 32.1. The van der Waals surface area contributed by atoms with Crippen LogP contribution in [0, 0.1) is 0 Å². The van der Waals surface area contributed by atoms with Crippen LogP contribution >= 0.6 is 11.3 Å². The fourth-order valence-corrected chi connectivity index (χ4v) is 2.68. The largest absolute Gasteiger partial charge is 0.550 e. The van der Waals surface area contributed by atoms with Crippen molar-refractivity contribution in [2.24, 2.45) is 0 Å². The average molecular weight is 335 g/mol. The van der Waals surface area contributed by atoms with E-state index in [9.17, 15) is 9.90 Å². The molecule has 0 saturated heterocycles. The van der Waals surface area contributed by atoms with Gasteiger partial charge in [-0.15, -0.1) is 11.3 Å². The van der Waals surface area contributed by atoms with Gasteiger partial charge in [0.05, 0.1) is 18.9 Å². The number of carbonyl (C=O) groups excluding carboxylic acids is 1. The Balaban J connectivity index is 2.00. The Labute approximate surface area is 139 Å². The molecule has 1 aromatic carbocycles. The summed E-state index contributed by atoms with van der Waals surface area (Å²) >= 11 is 1.36. The highest BCUT2D eigenvalue weighted by molar-refractivity contribution is 7.13. The maximum Gasteiger partial charge on any atom is 0.183 e. The van der Waals surface area contributed by atoms with Gasteiger partial charge in [0.1, 0.15) is 0 Å². The van der Waals surface area contributed by atoms with Crippen molar-refractivity contribution in [3.8, 4) is 11.5 Å². The van der Waals surface area contributed by atoms with Crippen LogP contribution in [-0.4, -0.2) is 24.2 Å². The van der Waals surface area contributed by atoms with Gasteiger partial charge in [-0.05, 0) is 31.5 Å². The number of rotatable bonds is 8. The molecule has 0 aliphatic heterocycles. The van der Waals surface area contributed by atoms with Gasteiger partial charge in [-0.1, -0.05) is 6.07 Å². The van der Waals surface area contributed by atoms with Gasteiger partial charge in [-0.25, -0.2) is 4.98 Å². The Kier molecular flexibility index (Phi) is 5.81. The smallest absolute Gasteiger partial charge is 0.183 e. The Morgan fingerprint density at radius 1 is 1.39 bits per heavy atom. The van der Waals surface area contributed by atoms with E-state index in [-0.39, 0.29) is 12.5 Å². The van der Waals surface area contributed by atoms with Crippen molar-refractivity contribution < 1.29 is 19.4 Å². The molecule has 0 unspecified atom stereocenters. The zero-order chi connectivity index (χ0) is 16.8. The molecule has 0 amide bonds. The number of thiazole rings is 1. The number of benzene rings is 1. The third-order valence-corrected chi connectivity index (χ3v) is 3.76. The van der Waals surface area contributed by atoms with Gasteiger partial charge in [0.2, 0.25) is 0 Å². The van der Waals surface area contributed by atoms with Crippen molar-refractivity contribution >= 4 is 22.4 Å². The molecule has 0 bridgehead atoms. The number of aliphatic carboxylic acids is 1. The van der Waals surface area contributed by atoms with Crippen LogP contribution in [0.15, 0.2) is 23.6 Å². The number of nitrogens with zero attached hydrogens (tertiary/aromatic N) is 1. The molecular weight excluding hydrogens is 316 g/mol. The topological polar surface area (TPSA) is 83.5 Å². The van der Waals surface area contributed by atoms with Crippen LogP contribution < -0.4 is 19.9 Å². The molecule has 0 spiro atoms. The van der Waals surface area contributed by atoms with Gasteiger partial charge < -0.3 is 24.7 Å². The number of hydrogen-bond donors (Lipinski definition) is 1. The van der Waals surface area contributed by atoms with Gasteiger partial charge >= 0.3 is 0 Å². The highest BCUT2D eigenvalue weighted by Crippen LogP contribution is 2.29. The summed E-state index contributed by atoms with van der Waals surface area (Å²) in [5.41, 5.74) is 1.50. The van der Waals surface area contributed by atoms with E-state index < -0.39 is 5.97 Å². The Bertz CT molecular complexity index is 670. The molecular formula is C16H19N2O4S-. The van der Waals surface area contributed by atoms with Crippen molar-refractivity contribution in [2.75, 3.05) is 12.4 Å². The van der Waals surface area contributed by atoms with Crippen LogP contribution in [-0.2, 0) is 17.8 Å². The summed E-state index contributed by atoms with van der Waals surface area (Å²) in [4.78, 5) is 14.7. The fraction of sp³-hybridized carbons (Fsp3) is 0.375. The minimum Gasteiger partial charge on any atom is -0.550 e. The second-order valence-corrected chi connectivity index (χ2v) is 6.06. The standard InChI is InChI=1S/C16H20N2O4S/c1-10(2)22-13-5-4-11(6-14(13)21-3)8-17-16-18-12(9-23-16)7-15(19)20/h4-6,9-10H,7-8H2,1-3H3,(H,17,18)(H,19,20)/p-1. The quantitative estimate of drug-likeness (QED) is 0.792. The molecule has 0 saturated carbocycles. The van der Waals surface area contributed by atoms with Gasteiger partial charge in [-0.3, -0.25) is 0 Å². The lowest BCUT2D eigenvalue weighted by molar-refractivity contribution is -0.304. The Morgan fingerprint density at radius 3 is 2.83 bits per heavy atom. The molecule has 1 N–H and O–H groups in total. The lowest BCUT2D eigenvalue weighted by Gasteiger charge is -2.14. The number of methoxy groups -OCH3 is 1. The third-order valence-electron chi connectivity index (χ3n) is 2.91. The number of ether oxygens (including phenoxy) is 2. The summed E-state index contributed by atoms with van der Waals surface area (Å²) < 4.78 is 11.0. The second kappa shape index (κ2) is 7.82. The minimum atomic E-state index is -1.13. The van der Waals surface area contributed by atoms with Crippen molar-refractivity contribution in [3.63, 3.8) is 0 Å². The molecule has 1 aromatic heterocycles. The predicted octanol–water partition coefficient (Wildman–Crippen LogP) is 1.84. The van der Waals surface area contributed by atoms with Crippen molar-refractivity contribution in [2.45, 2.75) is 32.9 Å². The molecule has 2 rings (SSSR count). The molecule has 0 fully saturated rings. The Morgan fingerprint density at radius 2 is 2.17 bits per heavy atom. The highest BCUT2D eigenvalue weighted by Gasteiger charge is 2.08. The van der Waals surface area contributed by atoms with Crippen molar-refractivity contribution in [3.05, 3.63) is 34.8 Å². The van der Waals surface area contributed by atoms with Crippen molar-refractivity contribution in [1.29, 1.82) is 0 Å². The molecule has 1 heterocycles. The lowest BCUT2D eigenvalue weighted by Crippen LogP contribution is -2.24. The monoisotopic (exact) mass is 335 g/mol. The number of carbonyl (C=O) groups is 1. The van der Waals surface area contributed by atoms with E-state index in [0.717, 1.165) is 5.56 Å². The van der Waals surface area contributed by atoms with E-state index in [4.69, 9.17) is 9.47 Å². The molecule has 23 heavy (non-hydrogen) atoms. The molecule has 0 aliphatic rings. The fourth-order valence-electron chi connectivity index (χ4n) is 1.97. The number of hydrogen-bond acceptors (Lipinski definition) is 7. The zero-order valence-electron chi connectivity index (χ0n) is 13.3. The van der Waals surface area contributed by atoms with Gasteiger partial charge in [0.15, 0.2) is 16.6 Å². The molecule has 0 aliphatic carbocycles. The van der Waals surface area contributed by atoms with E-state index in [1.807, 2.05) is 32.0 Å². The number of nitrogens with one attached hydrogen (secondary N) is 1. The SMILES string of the molecule is COc1cc(CNc2nc(CC(=O)[O-])cs2)ccc1OC(C)C. The summed E-state index contributed by atoms with van der Waals surface area (Å²) in [6.45, 7) is 4.47. The normalized spacial score (nSPS) is 10.6. The first-order valence-corrected chi connectivity index (χ1v) is 8.07. The first-order chi connectivity index (χ1) is 11.0. The predicted molar refractivity (Wildman–Crippen MR) is 86.9 cm³/mol. The minimum absolute atomic E-state index is 0.0744. The first kappa shape index (κ1) is 17.1. The first-order valence-electron chi connectivity index (χ1n) is 7.19. The second-order valence-electron chi connectivity index (χ2n) is 5.20. The van der Waals surface area contributed by atoms with E-state index in [1.165, 1.54) is 11.3 Å². The zero-order valence-corrected chi connectivity index (χ0v) is 14.1. The number of anilines is 1. The van der Waals surface area contributed by atoms with Gasteiger partial charge in [-0.2, -0.15) is 0 Å². The Hall–Kier alpha value is -2.28. The summed E-state index contributed by atoms with van der Waals surface area (Å²) in [6.07, 6.45) is -0.0990. The van der Waals surface area contributed by atoms with Crippen LogP contribution in [0.1, 0.15) is 25.1 Å². The van der Waals surface area contributed by atoms with E-state index in [2.05, 4.69) is 10.3 Å². The molecule has 0 atom stereocenters. The number of aromatic nitrogens is 1. The number of carboxylic acid groups (broad SMARTS) is 1. The van der Waals surface area contributed by atoms with Crippen LogP contribution in [0.2, 0.25) is 0 Å². The van der Waals surface area contributed by atoms with E-state index >= 15 is 0 Å². The third kappa shape index (κ3) is 5.14. The van der Waals surface area contributed by atoms with Crippen LogP contribution in [0.4, 0.5) is 5.13 Å². The molecule has 0 radical (unpaired) electrons. The van der Waals surface area contributed by atoms with Crippen LogP contribution in [0.25, 0.3) is 0 Å².